The van der Waals surface area contributed by atoms with Gasteiger partial charge in [0.25, 0.3) is 11.8 Å². The van der Waals surface area contributed by atoms with Crippen molar-refractivity contribution in [2.45, 2.75) is 18.9 Å². The minimum absolute atomic E-state index is 0.170. The molecule has 0 aliphatic carbocycles. The number of nitrogens with one attached hydrogen (secondary N) is 1. The Hall–Kier alpha value is -2.71. The molecule has 9 nitrogen and oxygen atoms in total. The van der Waals surface area contributed by atoms with Crippen molar-refractivity contribution in [1.29, 1.82) is 0 Å². The first kappa shape index (κ1) is 15.3. The molecule has 1 aliphatic rings. The summed E-state index contributed by atoms with van der Waals surface area (Å²) < 4.78 is 0. The molecule has 4 amide bonds. The third-order valence-corrected chi connectivity index (χ3v) is 2.51. The molecule has 108 valence electrons. The monoisotopic (exact) mass is 283 g/mol. The number of carbonyl (C=O) groups excluding carboxylic acids is 4. The van der Waals surface area contributed by atoms with E-state index in [2.05, 4.69) is 5.32 Å². The Morgan fingerprint density at radius 2 is 1.80 bits per heavy atom. The number of aliphatic carboxylic acids is 1. The smallest absolute Gasteiger partial charge is 0.326 e. The molecule has 1 heterocycles. The summed E-state index contributed by atoms with van der Waals surface area (Å²) in [5, 5.41) is 11.0. The number of rotatable bonds is 7. The molecule has 0 aromatic rings. The zero-order valence-corrected chi connectivity index (χ0v) is 10.4. The molecule has 0 aromatic carbocycles. The number of hydrogen-bond acceptors (Lipinski definition) is 5. The third kappa shape index (κ3) is 4.19. The van der Waals surface area contributed by atoms with Crippen molar-refractivity contribution in [2.75, 3.05) is 6.54 Å². The highest BCUT2D eigenvalue weighted by Crippen LogP contribution is 2.03. The largest absolute Gasteiger partial charge is 0.480 e. The van der Waals surface area contributed by atoms with E-state index in [0.29, 0.717) is 4.90 Å². The standard InChI is InChI=1S/C11H13N3O6/c12-7(15)2-1-6(11(19)20)13-8(16)5-14-9(17)3-4-10(14)18/h3-4,6H,1-2,5H2,(H2,12,15)(H,13,16)(H,19,20)/t6-/m1/s1. The number of nitrogens with zero attached hydrogens (tertiary/aromatic N) is 1. The fourth-order valence-corrected chi connectivity index (χ4v) is 1.51. The van der Waals surface area contributed by atoms with E-state index in [9.17, 15) is 24.0 Å². The second-order valence-electron chi connectivity index (χ2n) is 4.06. The molecule has 0 bridgehead atoms. The van der Waals surface area contributed by atoms with Gasteiger partial charge in [-0.2, -0.15) is 0 Å². The van der Waals surface area contributed by atoms with Crippen LogP contribution in [-0.4, -0.2) is 52.2 Å². The molecule has 20 heavy (non-hydrogen) atoms. The van der Waals surface area contributed by atoms with E-state index in [4.69, 9.17) is 10.8 Å². The summed E-state index contributed by atoms with van der Waals surface area (Å²) in [6, 6.07) is -1.31. The number of amides is 4. The fourth-order valence-electron chi connectivity index (χ4n) is 1.51. The molecule has 0 aromatic heterocycles. The van der Waals surface area contributed by atoms with Crippen LogP contribution in [0.3, 0.4) is 0 Å². The second kappa shape index (κ2) is 6.45. The molecule has 9 heteroatoms. The summed E-state index contributed by atoms with van der Waals surface area (Å²) >= 11 is 0. The van der Waals surface area contributed by atoms with Gasteiger partial charge in [0.1, 0.15) is 12.6 Å². The van der Waals surface area contributed by atoms with Crippen LogP contribution in [0.25, 0.3) is 0 Å². The predicted octanol–water partition coefficient (Wildman–Crippen LogP) is -2.25. The van der Waals surface area contributed by atoms with Gasteiger partial charge in [-0.1, -0.05) is 0 Å². The quantitative estimate of drug-likeness (QED) is 0.449. The second-order valence-corrected chi connectivity index (χ2v) is 4.06. The Morgan fingerprint density at radius 1 is 1.25 bits per heavy atom. The van der Waals surface area contributed by atoms with Crippen molar-refractivity contribution in [3.05, 3.63) is 12.2 Å². The Labute approximate surface area is 113 Å². The fraction of sp³-hybridized carbons (Fsp3) is 0.364. The third-order valence-electron chi connectivity index (χ3n) is 2.51. The van der Waals surface area contributed by atoms with Gasteiger partial charge < -0.3 is 16.2 Å². The van der Waals surface area contributed by atoms with Crippen LogP contribution in [-0.2, 0) is 24.0 Å². The van der Waals surface area contributed by atoms with Gasteiger partial charge in [-0.05, 0) is 6.42 Å². The van der Waals surface area contributed by atoms with E-state index in [1.165, 1.54) is 0 Å². The highest BCUT2D eigenvalue weighted by Gasteiger charge is 2.27. The molecular weight excluding hydrogens is 270 g/mol. The van der Waals surface area contributed by atoms with Crippen LogP contribution in [0, 0.1) is 0 Å². The maximum atomic E-state index is 11.6. The van der Waals surface area contributed by atoms with E-state index in [1.54, 1.807) is 0 Å². The van der Waals surface area contributed by atoms with Gasteiger partial charge in [0.2, 0.25) is 11.8 Å². The van der Waals surface area contributed by atoms with E-state index < -0.39 is 42.2 Å². The summed E-state index contributed by atoms with van der Waals surface area (Å²) in [7, 11) is 0. The number of carboxylic acid groups (broad SMARTS) is 1. The summed E-state index contributed by atoms with van der Waals surface area (Å²) in [5.74, 6) is -4.13. The Bertz CT molecular complexity index is 480. The molecule has 1 atom stereocenters. The normalized spacial score (nSPS) is 15.3. The van der Waals surface area contributed by atoms with Gasteiger partial charge in [-0.25, -0.2) is 4.79 Å². The first-order chi connectivity index (χ1) is 9.31. The molecule has 0 saturated heterocycles. The van der Waals surface area contributed by atoms with E-state index in [-0.39, 0.29) is 12.8 Å². The van der Waals surface area contributed by atoms with Gasteiger partial charge in [0, 0.05) is 18.6 Å². The van der Waals surface area contributed by atoms with Crippen LogP contribution in [0.4, 0.5) is 0 Å². The summed E-state index contributed by atoms with van der Waals surface area (Å²) in [5.41, 5.74) is 4.89. The average Bonchev–Trinajstić information content (AvgIpc) is 2.65. The van der Waals surface area contributed by atoms with Crippen LogP contribution in [0.1, 0.15) is 12.8 Å². The maximum Gasteiger partial charge on any atom is 0.326 e. The van der Waals surface area contributed by atoms with Gasteiger partial charge in [-0.3, -0.25) is 24.1 Å². The highest BCUT2D eigenvalue weighted by atomic mass is 16.4. The summed E-state index contributed by atoms with van der Waals surface area (Å²) in [6.45, 7) is -0.578. The number of hydrogen-bond donors (Lipinski definition) is 3. The van der Waals surface area contributed by atoms with Crippen molar-refractivity contribution in [1.82, 2.24) is 10.2 Å². The molecule has 0 unspecified atom stereocenters. The highest BCUT2D eigenvalue weighted by molar-refractivity contribution is 6.14. The van der Waals surface area contributed by atoms with Crippen molar-refractivity contribution in [3.63, 3.8) is 0 Å². The zero-order valence-electron chi connectivity index (χ0n) is 10.4. The average molecular weight is 283 g/mol. The maximum absolute atomic E-state index is 11.6. The molecule has 0 fully saturated rings. The van der Waals surface area contributed by atoms with Gasteiger partial charge in [0.05, 0.1) is 0 Å². The molecule has 0 radical (unpaired) electrons. The van der Waals surface area contributed by atoms with Crippen LogP contribution in [0.5, 0.6) is 0 Å². The molecule has 1 rings (SSSR count). The van der Waals surface area contributed by atoms with Gasteiger partial charge >= 0.3 is 5.97 Å². The Balaban J connectivity index is 2.54. The molecule has 0 saturated carbocycles. The lowest BCUT2D eigenvalue weighted by molar-refractivity contribution is -0.143. The van der Waals surface area contributed by atoms with Crippen LogP contribution in [0.2, 0.25) is 0 Å². The van der Waals surface area contributed by atoms with Crippen molar-refractivity contribution in [3.8, 4) is 0 Å². The van der Waals surface area contributed by atoms with Gasteiger partial charge in [-0.15, -0.1) is 0 Å². The predicted molar refractivity (Wildman–Crippen MR) is 63.9 cm³/mol. The van der Waals surface area contributed by atoms with E-state index >= 15 is 0 Å². The first-order valence-electron chi connectivity index (χ1n) is 5.65. The van der Waals surface area contributed by atoms with Crippen molar-refractivity contribution < 1.29 is 29.1 Å². The van der Waals surface area contributed by atoms with Crippen LogP contribution in [0.15, 0.2) is 12.2 Å². The number of nitrogens with two attached hydrogens (primary N) is 1. The molecular formula is C11H13N3O6. The lowest BCUT2D eigenvalue weighted by atomic mass is 10.1. The summed E-state index contributed by atoms with van der Waals surface area (Å²) in [4.78, 5) is 56.2. The SMILES string of the molecule is NC(=O)CC[C@@H](NC(=O)CN1C(=O)C=CC1=O)C(=O)O. The van der Waals surface area contributed by atoms with E-state index in [1.807, 2.05) is 0 Å². The van der Waals surface area contributed by atoms with Crippen LogP contribution >= 0.6 is 0 Å². The lowest BCUT2D eigenvalue weighted by Gasteiger charge is -2.17. The van der Waals surface area contributed by atoms with E-state index in [0.717, 1.165) is 12.2 Å². The number of primary amides is 1. The molecule has 1 aliphatic heterocycles. The summed E-state index contributed by atoms with van der Waals surface area (Å²) in [6.07, 6.45) is 1.64. The van der Waals surface area contributed by atoms with Crippen molar-refractivity contribution >= 4 is 29.6 Å². The minimum atomic E-state index is -1.34. The minimum Gasteiger partial charge on any atom is -0.480 e. The lowest BCUT2D eigenvalue weighted by Crippen LogP contribution is -2.47. The Morgan fingerprint density at radius 3 is 2.25 bits per heavy atom. The first-order valence-corrected chi connectivity index (χ1v) is 5.65. The number of carboxylic acids is 1. The van der Waals surface area contributed by atoms with Crippen molar-refractivity contribution in [2.24, 2.45) is 5.73 Å². The molecule has 0 spiro atoms. The Kier molecular flexibility index (Phi) is 4.95. The number of imide groups is 1. The number of carbonyl (C=O) groups is 5. The zero-order chi connectivity index (χ0) is 15.3. The van der Waals surface area contributed by atoms with Crippen LogP contribution < -0.4 is 11.1 Å². The topological polar surface area (TPSA) is 147 Å². The molecule has 4 N–H and O–H groups in total. The van der Waals surface area contributed by atoms with Gasteiger partial charge in [0.15, 0.2) is 0 Å².